The third kappa shape index (κ3) is 2.98. The Hall–Kier alpha value is -1.36. The van der Waals surface area contributed by atoms with E-state index in [2.05, 4.69) is 35.2 Å². The summed E-state index contributed by atoms with van der Waals surface area (Å²) in [5, 5.41) is 0. The van der Waals surface area contributed by atoms with Gasteiger partial charge in [-0.15, -0.1) is 12.4 Å². The van der Waals surface area contributed by atoms with Crippen molar-refractivity contribution in [2.45, 2.75) is 52.5 Å². The smallest absolute Gasteiger partial charge is 0.165 e. The van der Waals surface area contributed by atoms with E-state index >= 15 is 0 Å². The molecule has 21 heavy (non-hydrogen) atoms. The molecule has 0 amide bonds. The number of halogens is 1. The number of fused-ring (bicyclic) bond motifs is 1. The molecule has 0 radical (unpaired) electrons. The monoisotopic (exact) mass is 309 g/mol. The van der Waals surface area contributed by atoms with Crippen LogP contribution in [0, 0.1) is 0 Å². The van der Waals surface area contributed by atoms with Crippen LogP contribution in [0.2, 0.25) is 0 Å². The van der Waals surface area contributed by atoms with Gasteiger partial charge in [0.25, 0.3) is 0 Å². The number of anilines is 1. The Bertz CT molecular complexity index is 560. The molecule has 2 aliphatic heterocycles. The number of aryl methyl sites for hydroxylation is 1. The van der Waals surface area contributed by atoms with Gasteiger partial charge in [-0.1, -0.05) is 6.92 Å². The van der Waals surface area contributed by atoms with Crippen LogP contribution in [0.25, 0.3) is 11.5 Å². The molecule has 0 aromatic carbocycles. The molecule has 2 heterocycles. The van der Waals surface area contributed by atoms with Gasteiger partial charge in [0.1, 0.15) is 5.82 Å². The number of rotatable bonds is 6. The van der Waals surface area contributed by atoms with E-state index < -0.39 is 0 Å². The van der Waals surface area contributed by atoms with Crippen LogP contribution < -0.4 is 4.90 Å². The zero-order chi connectivity index (χ0) is 14.1. The summed E-state index contributed by atoms with van der Waals surface area (Å²) in [5.74, 6) is 3.59. The molecule has 3 aliphatic rings. The summed E-state index contributed by atoms with van der Waals surface area (Å²) in [6, 6.07) is 0. The van der Waals surface area contributed by atoms with Gasteiger partial charge in [-0.05, 0) is 33.1 Å². The van der Waals surface area contributed by atoms with E-state index in [4.69, 9.17) is 9.97 Å². The predicted molar refractivity (Wildman–Crippen MR) is 87.5 cm³/mol. The second kappa shape index (κ2) is 6.60. The Kier molecular flexibility index (Phi) is 5.04. The maximum absolute atomic E-state index is 4.80. The molecule has 6 heteroatoms. The van der Waals surface area contributed by atoms with Gasteiger partial charge in [0.05, 0.1) is 6.33 Å². The Labute approximate surface area is 132 Å². The first-order valence-electron chi connectivity index (χ1n) is 7.76. The van der Waals surface area contributed by atoms with E-state index in [0.29, 0.717) is 5.92 Å². The van der Waals surface area contributed by atoms with E-state index in [9.17, 15) is 0 Å². The third-order valence-electron chi connectivity index (χ3n) is 3.93. The molecule has 3 rings (SSSR count). The van der Waals surface area contributed by atoms with Crippen LogP contribution in [0.4, 0.5) is 5.82 Å². The van der Waals surface area contributed by atoms with Crippen LogP contribution in [0.15, 0.2) is 6.33 Å². The van der Waals surface area contributed by atoms with Gasteiger partial charge in [-0.25, -0.2) is 15.0 Å². The molecule has 0 spiro atoms. The molecule has 1 saturated carbocycles. The van der Waals surface area contributed by atoms with E-state index in [1.54, 1.807) is 0 Å². The van der Waals surface area contributed by atoms with Crippen LogP contribution in [-0.4, -0.2) is 32.6 Å². The van der Waals surface area contributed by atoms with Crippen molar-refractivity contribution in [2.24, 2.45) is 0 Å². The lowest BCUT2D eigenvalue weighted by molar-refractivity contribution is 0.655. The maximum atomic E-state index is 4.80. The van der Waals surface area contributed by atoms with E-state index in [1.807, 2.05) is 6.33 Å². The largest absolute Gasteiger partial charge is 0.355 e. The highest BCUT2D eigenvalue weighted by molar-refractivity contribution is 5.85. The quantitative estimate of drug-likeness (QED) is 0.821. The molecule has 0 atom stereocenters. The van der Waals surface area contributed by atoms with Crippen molar-refractivity contribution in [2.75, 3.05) is 18.0 Å². The van der Waals surface area contributed by atoms with Crippen molar-refractivity contribution in [3.05, 3.63) is 12.2 Å². The normalized spacial score (nSPS) is 14.2. The molecule has 0 bridgehead atoms. The number of imidazole rings is 1. The lowest BCUT2D eigenvalue weighted by atomic mass is 10.3. The highest BCUT2D eigenvalue weighted by Crippen LogP contribution is 2.41. The molecule has 0 saturated heterocycles. The van der Waals surface area contributed by atoms with Crippen molar-refractivity contribution in [3.63, 3.8) is 0 Å². The fraction of sp³-hybridized carbons (Fsp3) is 0.667. The minimum absolute atomic E-state index is 0. The van der Waals surface area contributed by atoms with Crippen molar-refractivity contribution in [1.29, 1.82) is 0 Å². The fourth-order valence-corrected chi connectivity index (χ4v) is 2.62. The number of nitrogens with zero attached hydrogens (tertiary/aromatic N) is 5. The molecular weight excluding hydrogens is 286 g/mol. The van der Waals surface area contributed by atoms with Crippen molar-refractivity contribution in [1.82, 2.24) is 19.5 Å². The number of hydrogen-bond acceptors (Lipinski definition) is 4. The lowest BCUT2D eigenvalue weighted by Gasteiger charge is -2.22. The molecule has 116 valence electrons. The SMILES string of the molecule is CCCn1cnc(N(CC)CC)c2nc(C3CC3)nc1-2.Cl. The minimum atomic E-state index is 0. The minimum Gasteiger partial charge on any atom is -0.355 e. The summed E-state index contributed by atoms with van der Waals surface area (Å²) in [7, 11) is 0. The van der Waals surface area contributed by atoms with Gasteiger partial charge in [-0.2, -0.15) is 0 Å². The first-order chi connectivity index (χ1) is 9.78. The van der Waals surface area contributed by atoms with Crippen LogP contribution >= 0.6 is 12.4 Å². The van der Waals surface area contributed by atoms with Gasteiger partial charge in [0, 0.05) is 25.6 Å². The molecule has 0 N–H and O–H groups in total. The molecular formula is C15H24ClN5. The fourth-order valence-electron chi connectivity index (χ4n) is 2.62. The number of hydrogen-bond donors (Lipinski definition) is 0. The van der Waals surface area contributed by atoms with Crippen LogP contribution in [0.3, 0.4) is 0 Å². The van der Waals surface area contributed by atoms with Crippen molar-refractivity contribution >= 4 is 18.2 Å². The second-order valence-corrected chi connectivity index (χ2v) is 5.46. The molecule has 1 fully saturated rings. The van der Waals surface area contributed by atoms with Crippen LogP contribution in [0.1, 0.15) is 51.8 Å². The zero-order valence-electron chi connectivity index (χ0n) is 13.0. The first-order valence-corrected chi connectivity index (χ1v) is 7.76. The molecule has 1 aliphatic carbocycles. The Morgan fingerprint density at radius 2 is 1.90 bits per heavy atom. The second-order valence-electron chi connectivity index (χ2n) is 5.46. The third-order valence-corrected chi connectivity index (χ3v) is 3.93. The lowest BCUT2D eigenvalue weighted by Crippen LogP contribution is -2.25. The highest BCUT2D eigenvalue weighted by Gasteiger charge is 2.31. The van der Waals surface area contributed by atoms with E-state index in [0.717, 1.165) is 49.2 Å². The van der Waals surface area contributed by atoms with Gasteiger partial charge in [0.15, 0.2) is 17.3 Å². The number of aromatic nitrogens is 4. The van der Waals surface area contributed by atoms with Crippen LogP contribution in [-0.2, 0) is 6.54 Å². The highest BCUT2D eigenvalue weighted by atomic mass is 35.5. The van der Waals surface area contributed by atoms with Gasteiger partial charge in [0.2, 0.25) is 0 Å². The summed E-state index contributed by atoms with van der Waals surface area (Å²) in [5.41, 5.74) is 0.978. The van der Waals surface area contributed by atoms with Crippen molar-refractivity contribution < 1.29 is 0 Å². The Morgan fingerprint density at radius 1 is 1.19 bits per heavy atom. The van der Waals surface area contributed by atoms with E-state index in [-0.39, 0.29) is 12.4 Å². The predicted octanol–water partition coefficient (Wildman–Crippen LogP) is 3.33. The zero-order valence-corrected chi connectivity index (χ0v) is 13.9. The average Bonchev–Trinajstić information content (AvgIpc) is 3.21. The summed E-state index contributed by atoms with van der Waals surface area (Å²) >= 11 is 0. The molecule has 0 aromatic heterocycles. The molecule has 0 unspecified atom stereocenters. The Morgan fingerprint density at radius 3 is 2.48 bits per heavy atom. The summed E-state index contributed by atoms with van der Waals surface area (Å²) in [6.45, 7) is 9.33. The van der Waals surface area contributed by atoms with Crippen molar-refractivity contribution in [3.8, 4) is 11.5 Å². The average molecular weight is 310 g/mol. The summed E-state index contributed by atoms with van der Waals surface area (Å²) in [6.07, 6.45) is 5.47. The maximum Gasteiger partial charge on any atom is 0.165 e. The van der Waals surface area contributed by atoms with Gasteiger partial charge in [-0.3, -0.25) is 0 Å². The standard InChI is InChI=1S/C15H23N5.ClH/c1-4-9-20-10-16-14(19(5-2)6-3)12-15(20)18-13(17-12)11-7-8-11;/h10-11H,4-9H2,1-3H3;1H. The summed E-state index contributed by atoms with van der Waals surface area (Å²) in [4.78, 5) is 16.5. The topological polar surface area (TPSA) is 46.8 Å². The van der Waals surface area contributed by atoms with Crippen LogP contribution in [0.5, 0.6) is 0 Å². The molecule has 0 aromatic rings. The van der Waals surface area contributed by atoms with Gasteiger partial charge < -0.3 is 9.47 Å². The Balaban J connectivity index is 0.00000161. The summed E-state index contributed by atoms with van der Waals surface area (Å²) < 4.78 is 2.14. The van der Waals surface area contributed by atoms with E-state index in [1.165, 1.54) is 12.8 Å². The molecule has 5 nitrogen and oxygen atoms in total. The first kappa shape index (κ1) is 16.0. The van der Waals surface area contributed by atoms with Gasteiger partial charge >= 0.3 is 0 Å².